The van der Waals surface area contributed by atoms with E-state index >= 15 is 0 Å². The minimum atomic E-state index is 0.442. The Morgan fingerprint density at radius 1 is 1.24 bits per heavy atom. The molecule has 0 radical (unpaired) electrons. The van der Waals surface area contributed by atoms with Gasteiger partial charge in [-0.1, -0.05) is 17.7 Å². The lowest BCUT2D eigenvalue weighted by Gasteiger charge is -2.07. The highest BCUT2D eigenvalue weighted by atomic mass is 79.9. The molecule has 0 N–H and O–H groups in total. The number of ether oxygens (including phenoxy) is 1. The monoisotopic (exact) mass is 331 g/mol. The van der Waals surface area contributed by atoms with E-state index in [1.807, 2.05) is 6.07 Å². The van der Waals surface area contributed by atoms with Crippen LogP contribution >= 0.6 is 39.1 Å². The van der Waals surface area contributed by atoms with Crippen LogP contribution in [0.1, 0.15) is 5.56 Å². The molecule has 2 rings (SSSR count). The van der Waals surface area contributed by atoms with Crippen LogP contribution in [0.3, 0.4) is 0 Å². The molecule has 0 bridgehead atoms. The Labute approximate surface area is 118 Å². The maximum Gasteiger partial charge on any atom is 0.219 e. The maximum absolute atomic E-state index is 5.84. The summed E-state index contributed by atoms with van der Waals surface area (Å²) in [5, 5.41) is 0.648. The number of halogens is 3. The van der Waals surface area contributed by atoms with E-state index < -0.39 is 0 Å². The van der Waals surface area contributed by atoms with Crippen LogP contribution in [0.25, 0.3) is 0 Å². The summed E-state index contributed by atoms with van der Waals surface area (Å²) in [6, 6.07) is 8.96. The minimum absolute atomic E-state index is 0.442. The van der Waals surface area contributed by atoms with Crippen molar-refractivity contribution >= 4 is 39.1 Å². The van der Waals surface area contributed by atoms with E-state index in [4.69, 9.17) is 27.9 Å². The number of rotatable bonds is 3. The Hall–Kier alpha value is -0.770. The third kappa shape index (κ3) is 3.35. The molecule has 0 aliphatic heterocycles. The lowest BCUT2D eigenvalue weighted by molar-refractivity contribution is 0.460. The van der Waals surface area contributed by atoms with Gasteiger partial charge in [0, 0.05) is 23.2 Å². The molecule has 0 saturated heterocycles. The van der Waals surface area contributed by atoms with Crippen LogP contribution in [0.2, 0.25) is 5.02 Å². The van der Waals surface area contributed by atoms with Gasteiger partial charge in [0.05, 0.1) is 4.47 Å². The van der Waals surface area contributed by atoms with Gasteiger partial charge in [-0.15, -0.1) is 11.6 Å². The third-order valence-corrected chi connectivity index (χ3v) is 3.22. The molecule has 0 aliphatic carbocycles. The molecule has 0 spiro atoms. The van der Waals surface area contributed by atoms with E-state index in [2.05, 4.69) is 20.9 Å². The average molecular weight is 333 g/mol. The summed E-state index contributed by atoms with van der Waals surface area (Å²) in [7, 11) is 0. The van der Waals surface area contributed by atoms with Gasteiger partial charge in [-0.3, -0.25) is 0 Å². The summed E-state index contributed by atoms with van der Waals surface area (Å²) in [5.74, 6) is 1.63. The zero-order valence-corrected chi connectivity index (χ0v) is 11.8. The van der Waals surface area contributed by atoms with Crippen LogP contribution in [-0.4, -0.2) is 4.98 Å². The van der Waals surface area contributed by atoms with E-state index in [-0.39, 0.29) is 0 Å². The highest BCUT2D eigenvalue weighted by Crippen LogP contribution is 2.31. The van der Waals surface area contributed by atoms with Crippen LogP contribution in [0.4, 0.5) is 0 Å². The van der Waals surface area contributed by atoms with Crippen molar-refractivity contribution in [3.8, 4) is 11.6 Å². The molecule has 17 heavy (non-hydrogen) atoms. The Kier molecular flexibility index (Phi) is 4.26. The number of nitrogens with zero attached hydrogens (tertiary/aromatic N) is 1. The Morgan fingerprint density at radius 3 is 2.65 bits per heavy atom. The highest BCUT2D eigenvalue weighted by molar-refractivity contribution is 9.10. The van der Waals surface area contributed by atoms with Gasteiger partial charge in [0.1, 0.15) is 5.75 Å². The molecule has 0 atom stereocenters. The van der Waals surface area contributed by atoms with Crippen LogP contribution < -0.4 is 4.74 Å². The van der Waals surface area contributed by atoms with Crippen molar-refractivity contribution in [3.63, 3.8) is 0 Å². The topological polar surface area (TPSA) is 22.1 Å². The molecular formula is C12H8BrCl2NO. The predicted octanol–water partition coefficient (Wildman–Crippen LogP) is 5.03. The largest absolute Gasteiger partial charge is 0.438 e. The van der Waals surface area contributed by atoms with Crippen molar-refractivity contribution in [1.29, 1.82) is 0 Å². The second-order valence-corrected chi connectivity index (χ2v) is 4.87. The van der Waals surface area contributed by atoms with Crippen molar-refractivity contribution in [3.05, 3.63) is 51.6 Å². The van der Waals surface area contributed by atoms with Crippen molar-refractivity contribution in [1.82, 2.24) is 4.98 Å². The van der Waals surface area contributed by atoms with Crippen LogP contribution in [0.15, 0.2) is 41.0 Å². The number of hydrogen-bond donors (Lipinski definition) is 0. The first-order valence-corrected chi connectivity index (χ1v) is 6.53. The standard InChI is InChI=1S/C12H8BrCl2NO/c13-10-5-9(15)2-3-11(10)17-12-4-1-8(6-14)7-16-12/h1-5,7H,6H2. The lowest BCUT2D eigenvalue weighted by atomic mass is 10.3. The molecule has 0 saturated carbocycles. The molecule has 2 aromatic rings. The summed E-state index contributed by atoms with van der Waals surface area (Å²) in [6.45, 7) is 0. The third-order valence-electron chi connectivity index (χ3n) is 2.06. The molecule has 1 aromatic carbocycles. The van der Waals surface area contributed by atoms with Gasteiger partial charge in [0.15, 0.2) is 0 Å². The lowest BCUT2D eigenvalue weighted by Crippen LogP contribution is -1.89. The number of benzene rings is 1. The second-order valence-electron chi connectivity index (χ2n) is 3.32. The SMILES string of the molecule is ClCc1ccc(Oc2ccc(Cl)cc2Br)nc1. The van der Waals surface area contributed by atoms with Gasteiger partial charge in [-0.05, 0) is 39.7 Å². The van der Waals surface area contributed by atoms with Gasteiger partial charge < -0.3 is 4.74 Å². The summed E-state index contributed by atoms with van der Waals surface area (Å²) in [5.41, 5.74) is 0.953. The van der Waals surface area contributed by atoms with E-state index in [1.54, 1.807) is 30.5 Å². The Morgan fingerprint density at radius 2 is 2.06 bits per heavy atom. The molecule has 2 nitrogen and oxygen atoms in total. The quantitative estimate of drug-likeness (QED) is 0.735. The molecule has 1 heterocycles. The van der Waals surface area contributed by atoms with Crippen molar-refractivity contribution in [2.45, 2.75) is 5.88 Å². The fourth-order valence-electron chi connectivity index (χ4n) is 1.22. The minimum Gasteiger partial charge on any atom is -0.438 e. The summed E-state index contributed by atoms with van der Waals surface area (Å²) in [4.78, 5) is 4.15. The van der Waals surface area contributed by atoms with Crippen molar-refractivity contribution in [2.24, 2.45) is 0 Å². The number of aromatic nitrogens is 1. The molecule has 5 heteroatoms. The van der Waals surface area contributed by atoms with E-state index in [0.717, 1.165) is 10.0 Å². The first kappa shape index (κ1) is 12.7. The van der Waals surface area contributed by atoms with Gasteiger partial charge in [0.2, 0.25) is 5.88 Å². The summed E-state index contributed by atoms with van der Waals surface area (Å²) < 4.78 is 6.39. The highest BCUT2D eigenvalue weighted by Gasteiger charge is 2.04. The molecule has 0 fully saturated rings. The van der Waals surface area contributed by atoms with Crippen molar-refractivity contribution in [2.75, 3.05) is 0 Å². The maximum atomic E-state index is 5.84. The number of pyridine rings is 1. The van der Waals surface area contributed by atoms with Crippen molar-refractivity contribution < 1.29 is 4.74 Å². The second kappa shape index (κ2) is 5.71. The molecule has 88 valence electrons. The van der Waals surface area contributed by atoms with E-state index in [0.29, 0.717) is 22.5 Å². The molecule has 0 amide bonds. The molecule has 0 unspecified atom stereocenters. The van der Waals surface area contributed by atoms with Gasteiger partial charge in [0.25, 0.3) is 0 Å². The summed E-state index contributed by atoms with van der Waals surface area (Å²) >= 11 is 14.9. The van der Waals surface area contributed by atoms with Gasteiger partial charge in [-0.25, -0.2) is 4.98 Å². The predicted molar refractivity (Wildman–Crippen MR) is 73.0 cm³/mol. The first-order valence-electron chi connectivity index (χ1n) is 4.83. The van der Waals surface area contributed by atoms with Gasteiger partial charge in [-0.2, -0.15) is 0 Å². The molecular weight excluding hydrogens is 325 g/mol. The molecule has 1 aromatic heterocycles. The van der Waals surface area contributed by atoms with Crippen LogP contribution in [0.5, 0.6) is 11.6 Å². The normalized spacial score (nSPS) is 10.3. The Bertz CT molecular complexity index is 516. The Balaban J connectivity index is 2.19. The van der Waals surface area contributed by atoms with Crippen LogP contribution in [0, 0.1) is 0 Å². The van der Waals surface area contributed by atoms with E-state index in [1.165, 1.54) is 0 Å². The number of hydrogen-bond acceptors (Lipinski definition) is 2. The fourth-order valence-corrected chi connectivity index (χ4v) is 2.14. The first-order chi connectivity index (χ1) is 8.19. The van der Waals surface area contributed by atoms with Gasteiger partial charge >= 0.3 is 0 Å². The summed E-state index contributed by atoms with van der Waals surface area (Å²) in [6.07, 6.45) is 1.69. The zero-order chi connectivity index (χ0) is 12.3. The molecule has 0 aliphatic rings. The zero-order valence-electron chi connectivity index (χ0n) is 8.66. The number of alkyl halides is 1. The van der Waals surface area contributed by atoms with E-state index in [9.17, 15) is 0 Å². The fraction of sp³-hybridized carbons (Fsp3) is 0.0833. The average Bonchev–Trinajstić information content (AvgIpc) is 2.34. The van der Waals surface area contributed by atoms with Crippen LogP contribution in [-0.2, 0) is 5.88 Å². The smallest absolute Gasteiger partial charge is 0.219 e.